The molecule has 0 radical (unpaired) electrons. The fraction of sp³-hybridized carbons (Fsp3) is 0.955. The van der Waals surface area contributed by atoms with Crippen molar-refractivity contribution in [3.63, 3.8) is 0 Å². The molecule has 0 bridgehead atoms. The highest BCUT2D eigenvalue weighted by atomic mass is 16.6. The lowest BCUT2D eigenvalue weighted by Crippen LogP contribution is -2.66. The molecule has 1 spiro atoms. The van der Waals surface area contributed by atoms with Crippen molar-refractivity contribution in [1.82, 2.24) is 0 Å². The summed E-state index contributed by atoms with van der Waals surface area (Å²) in [7, 11) is 0. The van der Waals surface area contributed by atoms with E-state index in [1.165, 1.54) is 6.42 Å². The highest BCUT2D eigenvalue weighted by molar-refractivity contribution is 5.76. The molecule has 0 aromatic carbocycles. The third-order valence-corrected chi connectivity index (χ3v) is 8.73. The lowest BCUT2D eigenvalue weighted by Gasteiger charge is -2.59. The van der Waals surface area contributed by atoms with Crippen molar-refractivity contribution in [2.45, 2.75) is 101 Å². The number of rotatable bonds is 1. The van der Waals surface area contributed by atoms with E-state index in [0.717, 1.165) is 44.9 Å². The summed E-state index contributed by atoms with van der Waals surface area (Å²) in [4.78, 5) is 13.1. The molecule has 2 heterocycles. The molecule has 3 saturated carbocycles. The molecule has 3 aliphatic carbocycles. The highest BCUT2D eigenvalue weighted by Gasteiger charge is 2.69. The molecule has 2 saturated heterocycles. The Morgan fingerprint density at radius 2 is 1.48 bits per heavy atom. The van der Waals surface area contributed by atoms with Crippen molar-refractivity contribution >= 4 is 5.97 Å². The molecule has 9 atom stereocenters. The molecule has 5 aliphatic rings. The molecular weight excluding hydrogens is 344 g/mol. The van der Waals surface area contributed by atoms with Gasteiger partial charge in [0.2, 0.25) is 0 Å². The van der Waals surface area contributed by atoms with Crippen LogP contribution >= 0.6 is 0 Å². The fourth-order valence-corrected chi connectivity index (χ4v) is 7.50. The lowest BCUT2D eigenvalue weighted by atomic mass is 9.54. The van der Waals surface area contributed by atoms with Gasteiger partial charge in [0.1, 0.15) is 5.60 Å². The van der Waals surface area contributed by atoms with Gasteiger partial charge in [-0.05, 0) is 63.7 Å². The Hall–Kier alpha value is -0.650. The first-order valence-corrected chi connectivity index (χ1v) is 11.3. The van der Waals surface area contributed by atoms with Crippen molar-refractivity contribution in [2.24, 2.45) is 29.6 Å². The van der Waals surface area contributed by atoms with Crippen molar-refractivity contribution in [1.29, 1.82) is 0 Å². The Bertz CT molecular complexity index is 565. The number of hydrogen-bond donors (Lipinski definition) is 2. The van der Waals surface area contributed by atoms with Crippen molar-refractivity contribution in [3.8, 4) is 0 Å². The molecule has 2 N–H and O–H groups in total. The second kappa shape index (κ2) is 6.70. The molecule has 0 aromatic heterocycles. The zero-order valence-corrected chi connectivity index (χ0v) is 16.4. The van der Waals surface area contributed by atoms with Gasteiger partial charge in [0.25, 0.3) is 0 Å². The van der Waals surface area contributed by atoms with Crippen LogP contribution in [-0.2, 0) is 14.3 Å². The Morgan fingerprint density at radius 1 is 0.889 bits per heavy atom. The van der Waals surface area contributed by atoms with E-state index in [1.54, 1.807) is 0 Å². The number of carbonyl (C=O) groups is 1. The summed E-state index contributed by atoms with van der Waals surface area (Å²) >= 11 is 0. The van der Waals surface area contributed by atoms with Crippen LogP contribution in [0.15, 0.2) is 0 Å². The van der Waals surface area contributed by atoms with Crippen LogP contribution in [0.4, 0.5) is 0 Å². The third-order valence-electron chi connectivity index (χ3n) is 8.73. The minimum absolute atomic E-state index is 0.0230. The predicted molar refractivity (Wildman–Crippen MR) is 98.8 cm³/mol. The van der Waals surface area contributed by atoms with Crippen LogP contribution in [0.25, 0.3) is 0 Å². The van der Waals surface area contributed by atoms with Gasteiger partial charge in [-0.2, -0.15) is 0 Å². The first kappa shape index (κ1) is 18.4. The minimum Gasteiger partial charge on any atom is -0.458 e. The Kier molecular flexibility index (Phi) is 4.56. The van der Waals surface area contributed by atoms with Crippen LogP contribution in [0.2, 0.25) is 0 Å². The van der Waals surface area contributed by atoms with Gasteiger partial charge in [-0.1, -0.05) is 13.3 Å². The molecule has 9 unspecified atom stereocenters. The topological polar surface area (TPSA) is 76.0 Å². The van der Waals surface area contributed by atoms with Gasteiger partial charge in [-0.25, -0.2) is 0 Å². The fourth-order valence-electron chi connectivity index (χ4n) is 7.50. The molecular formula is C22H34O5. The Labute approximate surface area is 161 Å². The molecule has 5 heteroatoms. The lowest BCUT2D eigenvalue weighted by molar-refractivity contribution is -0.268. The number of esters is 1. The number of hydrogen-bond acceptors (Lipinski definition) is 5. The van der Waals surface area contributed by atoms with Gasteiger partial charge in [0, 0.05) is 17.8 Å². The monoisotopic (exact) mass is 378 g/mol. The van der Waals surface area contributed by atoms with Gasteiger partial charge >= 0.3 is 5.97 Å². The normalized spacial score (nSPS) is 54.8. The zero-order chi connectivity index (χ0) is 18.8. The van der Waals surface area contributed by atoms with E-state index in [1.807, 2.05) is 0 Å². The summed E-state index contributed by atoms with van der Waals surface area (Å²) < 4.78 is 12.9. The van der Waals surface area contributed by atoms with Crippen LogP contribution in [0, 0.1) is 29.6 Å². The van der Waals surface area contributed by atoms with Crippen molar-refractivity contribution in [2.75, 3.05) is 0 Å². The maximum absolute atomic E-state index is 13.1. The summed E-state index contributed by atoms with van der Waals surface area (Å²) in [6.07, 6.45) is 8.24. The van der Waals surface area contributed by atoms with E-state index in [0.29, 0.717) is 24.7 Å². The first-order valence-electron chi connectivity index (χ1n) is 11.3. The summed E-state index contributed by atoms with van der Waals surface area (Å²) in [6.45, 7) is 2.23. The molecule has 152 valence electrons. The SMILES string of the molecule is CCC1CCC2C(C1)C(=O)OC21C2CCC(O)CC2OC2CC(O)CCC21. The van der Waals surface area contributed by atoms with Crippen LogP contribution in [0.1, 0.15) is 71.1 Å². The summed E-state index contributed by atoms with van der Waals surface area (Å²) in [6, 6.07) is 0. The van der Waals surface area contributed by atoms with Crippen LogP contribution in [-0.4, -0.2) is 46.2 Å². The standard InChI is InChI=1S/C22H34O5/c1-2-12-3-6-16-15(9-12)21(25)27-22(16)17-7-4-13(23)10-19(17)26-20-11-14(24)5-8-18(20)22/h12-20,23-24H,2-11H2,1H3. The zero-order valence-electron chi connectivity index (χ0n) is 16.4. The largest absolute Gasteiger partial charge is 0.458 e. The molecule has 0 amide bonds. The summed E-state index contributed by atoms with van der Waals surface area (Å²) in [5.41, 5.74) is -0.422. The molecule has 2 aliphatic heterocycles. The smallest absolute Gasteiger partial charge is 0.309 e. The molecule has 5 rings (SSSR count). The van der Waals surface area contributed by atoms with E-state index in [4.69, 9.17) is 9.47 Å². The van der Waals surface area contributed by atoms with Gasteiger partial charge in [-0.15, -0.1) is 0 Å². The Balaban J connectivity index is 1.53. The van der Waals surface area contributed by atoms with E-state index < -0.39 is 5.60 Å². The molecule has 5 fully saturated rings. The maximum atomic E-state index is 13.1. The summed E-state index contributed by atoms with van der Waals surface area (Å²) in [5, 5.41) is 20.5. The highest BCUT2D eigenvalue weighted by Crippen LogP contribution is 2.62. The van der Waals surface area contributed by atoms with Gasteiger partial charge in [-0.3, -0.25) is 4.79 Å². The maximum Gasteiger partial charge on any atom is 0.309 e. The first-order chi connectivity index (χ1) is 13.0. The second-order valence-corrected chi connectivity index (χ2v) is 9.93. The van der Waals surface area contributed by atoms with Crippen LogP contribution in [0.5, 0.6) is 0 Å². The predicted octanol–water partition coefficient (Wildman–Crippen LogP) is 2.81. The number of aliphatic hydroxyl groups excluding tert-OH is 2. The van der Waals surface area contributed by atoms with Gasteiger partial charge < -0.3 is 19.7 Å². The molecule has 27 heavy (non-hydrogen) atoms. The average Bonchev–Trinajstić information content (AvgIpc) is 2.94. The minimum atomic E-state index is -0.422. The van der Waals surface area contributed by atoms with Crippen LogP contribution in [0.3, 0.4) is 0 Å². The van der Waals surface area contributed by atoms with E-state index >= 15 is 0 Å². The number of aliphatic hydroxyl groups is 2. The Morgan fingerprint density at radius 3 is 2.07 bits per heavy atom. The second-order valence-electron chi connectivity index (χ2n) is 9.93. The average molecular weight is 379 g/mol. The van der Waals surface area contributed by atoms with E-state index in [9.17, 15) is 15.0 Å². The van der Waals surface area contributed by atoms with Crippen molar-refractivity contribution in [3.05, 3.63) is 0 Å². The number of fused-ring (bicyclic) bond motifs is 6. The quantitative estimate of drug-likeness (QED) is 0.686. The van der Waals surface area contributed by atoms with Crippen molar-refractivity contribution < 1.29 is 24.5 Å². The van der Waals surface area contributed by atoms with E-state index in [-0.39, 0.29) is 48.1 Å². The number of ether oxygens (including phenoxy) is 2. The molecule has 0 aromatic rings. The van der Waals surface area contributed by atoms with Gasteiger partial charge in [0.05, 0.1) is 30.3 Å². The number of carbonyl (C=O) groups excluding carboxylic acids is 1. The van der Waals surface area contributed by atoms with E-state index in [2.05, 4.69) is 6.92 Å². The van der Waals surface area contributed by atoms with Crippen LogP contribution < -0.4 is 0 Å². The third kappa shape index (κ3) is 2.71. The molecule has 5 nitrogen and oxygen atoms in total. The summed E-state index contributed by atoms with van der Waals surface area (Å²) in [5.74, 6) is 1.41. The van der Waals surface area contributed by atoms with Gasteiger partial charge in [0.15, 0.2) is 0 Å².